The maximum absolute atomic E-state index is 13.2. The van der Waals surface area contributed by atoms with Crippen molar-refractivity contribution in [3.8, 4) is 0 Å². The van der Waals surface area contributed by atoms with Crippen LogP contribution in [0, 0.1) is 5.82 Å². The van der Waals surface area contributed by atoms with Crippen molar-refractivity contribution in [3.05, 3.63) is 120 Å². The predicted molar refractivity (Wildman–Crippen MR) is 145 cm³/mol. The van der Waals surface area contributed by atoms with Crippen LogP contribution >= 0.6 is 0 Å². The summed E-state index contributed by atoms with van der Waals surface area (Å²) < 4.78 is 72.6. The summed E-state index contributed by atoms with van der Waals surface area (Å²) in [5.74, 6) is -4.37. The second-order valence-corrected chi connectivity index (χ2v) is 10.3. The molecule has 0 unspecified atom stereocenters. The Balaban J connectivity index is 0.000000616. The van der Waals surface area contributed by atoms with Crippen LogP contribution in [0.1, 0.15) is 21.5 Å². The molecule has 9 nitrogen and oxygen atoms in total. The summed E-state index contributed by atoms with van der Waals surface area (Å²) in [5.41, 5.74) is 1.75. The van der Waals surface area contributed by atoms with Crippen molar-refractivity contribution in [1.29, 1.82) is 0 Å². The van der Waals surface area contributed by atoms with Gasteiger partial charge < -0.3 is 15.1 Å². The van der Waals surface area contributed by atoms with E-state index in [4.69, 9.17) is 9.90 Å². The monoisotopic (exact) mass is 605 g/mol. The first kappa shape index (κ1) is 31.5. The van der Waals surface area contributed by atoms with Crippen LogP contribution in [-0.2, 0) is 27.9 Å². The van der Waals surface area contributed by atoms with Gasteiger partial charge in [0, 0.05) is 13.1 Å². The topological polar surface area (TPSA) is 137 Å². The summed E-state index contributed by atoms with van der Waals surface area (Å²) in [4.78, 5) is 27.1. The van der Waals surface area contributed by atoms with Crippen LogP contribution in [0.5, 0.6) is 0 Å². The van der Waals surface area contributed by atoms with Gasteiger partial charge in [0.2, 0.25) is 0 Å². The minimum Gasteiger partial charge on any atom is -0.478 e. The zero-order valence-corrected chi connectivity index (χ0v) is 22.3. The molecule has 4 rings (SSSR count). The zero-order chi connectivity index (χ0) is 30.9. The summed E-state index contributed by atoms with van der Waals surface area (Å²) in [6, 6.07) is 24.7. The van der Waals surface area contributed by atoms with Crippen molar-refractivity contribution >= 4 is 33.5 Å². The smallest absolute Gasteiger partial charge is 0.478 e. The Morgan fingerprint density at radius 2 is 1.31 bits per heavy atom. The van der Waals surface area contributed by atoms with E-state index in [0.717, 1.165) is 35.4 Å². The highest BCUT2D eigenvalue weighted by molar-refractivity contribution is 7.92. The molecule has 0 bridgehead atoms. The van der Waals surface area contributed by atoms with E-state index < -0.39 is 34.0 Å². The number of carboxylic acid groups (broad SMARTS) is 2. The number of hydrogen-bond donors (Lipinski definition) is 3. The maximum Gasteiger partial charge on any atom is 0.490 e. The number of rotatable bonds is 9. The second-order valence-electron chi connectivity index (χ2n) is 8.59. The number of nitrogens with one attached hydrogen (secondary N) is 1. The molecule has 0 amide bonds. The number of aromatic carboxylic acids is 1. The number of aromatic nitrogens is 1. The lowest BCUT2D eigenvalue weighted by atomic mass is 10.1. The number of nitrogens with zero attached hydrogens (tertiary/aromatic N) is 2. The first-order valence-electron chi connectivity index (χ1n) is 11.9. The molecule has 0 saturated heterocycles. The lowest BCUT2D eigenvalue weighted by Crippen LogP contribution is -2.26. The molecule has 0 aliphatic heterocycles. The molecule has 0 atom stereocenters. The van der Waals surface area contributed by atoms with Crippen molar-refractivity contribution in [2.24, 2.45) is 0 Å². The minimum atomic E-state index is -5.08. The summed E-state index contributed by atoms with van der Waals surface area (Å²) in [7, 11) is -4.07. The van der Waals surface area contributed by atoms with Gasteiger partial charge >= 0.3 is 18.1 Å². The molecule has 0 saturated carbocycles. The molecule has 14 heteroatoms. The Hall–Kier alpha value is -4.98. The first-order chi connectivity index (χ1) is 19.8. The van der Waals surface area contributed by atoms with E-state index in [1.54, 1.807) is 0 Å². The zero-order valence-electron chi connectivity index (χ0n) is 21.5. The predicted octanol–water partition coefficient (Wildman–Crippen LogP) is 5.56. The molecule has 1 aromatic heterocycles. The molecular weight excluding hydrogens is 582 g/mol. The number of hydrogen-bond acceptors (Lipinski definition) is 6. The number of anilines is 2. The molecule has 1 heterocycles. The van der Waals surface area contributed by atoms with E-state index in [-0.39, 0.29) is 22.0 Å². The number of benzene rings is 3. The number of carbonyl (C=O) groups is 2. The Morgan fingerprint density at radius 1 is 0.833 bits per heavy atom. The minimum absolute atomic E-state index is 0.0187. The van der Waals surface area contributed by atoms with Gasteiger partial charge in [-0.2, -0.15) is 13.2 Å². The van der Waals surface area contributed by atoms with Gasteiger partial charge in [0.25, 0.3) is 10.0 Å². The fourth-order valence-electron chi connectivity index (χ4n) is 3.56. The Morgan fingerprint density at radius 3 is 1.74 bits per heavy atom. The van der Waals surface area contributed by atoms with E-state index in [2.05, 4.69) is 9.71 Å². The molecule has 0 aliphatic rings. The number of pyridine rings is 1. The highest BCUT2D eigenvalue weighted by atomic mass is 32.2. The average molecular weight is 606 g/mol. The van der Waals surface area contributed by atoms with E-state index in [0.29, 0.717) is 13.1 Å². The van der Waals surface area contributed by atoms with Crippen LogP contribution in [0.15, 0.2) is 102 Å². The second kappa shape index (κ2) is 13.6. The van der Waals surface area contributed by atoms with Gasteiger partial charge in [-0.3, -0.25) is 4.72 Å². The third-order valence-corrected chi connectivity index (χ3v) is 6.84. The summed E-state index contributed by atoms with van der Waals surface area (Å²) in [5, 5.41) is 17.1. The Bertz CT molecular complexity index is 1580. The third-order valence-electron chi connectivity index (χ3n) is 5.45. The van der Waals surface area contributed by atoms with Gasteiger partial charge in [-0.15, -0.1) is 0 Å². The Kier molecular flexibility index (Phi) is 10.2. The van der Waals surface area contributed by atoms with Crippen LogP contribution in [0.4, 0.5) is 29.1 Å². The lowest BCUT2D eigenvalue weighted by molar-refractivity contribution is -0.192. The lowest BCUT2D eigenvalue weighted by Gasteiger charge is -2.26. The molecule has 42 heavy (non-hydrogen) atoms. The van der Waals surface area contributed by atoms with Gasteiger partial charge in [-0.05, 0) is 41.5 Å². The summed E-state index contributed by atoms with van der Waals surface area (Å²) >= 11 is 0. The number of carboxylic acids is 2. The normalized spacial score (nSPS) is 11.1. The van der Waals surface area contributed by atoms with Crippen LogP contribution in [0.3, 0.4) is 0 Å². The highest BCUT2D eigenvalue weighted by Crippen LogP contribution is 2.26. The van der Waals surface area contributed by atoms with E-state index >= 15 is 0 Å². The standard InChI is InChI=1S/C26H22FN3O4S.C2HF3O2/c27-21-11-13-23(14-12-21)35(33,34)29-22-15-24(26(31)32)25(28-16-22)30(17-19-7-3-1-4-8-19)18-20-9-5-2-6-10-20;3-2(4,5)1(6)7/h1-16,29H,17-18H2,(H,31,32);(H,6,7). The van der Waals surface area contributed by atoms with E-state index in [1.165, 1.54) is 12.3 Å². The fourth-order valence-corrected chi connectivity index (χ4v) is 4.60. The molecule has 3 aromatic carbocycles. The van der Waals surface area contributed by atoms with E-state index in [1.807, 2.05) is 65.6 Å². The van der Waals surface area contributed by atoms with Crippen molar-refractivity contribution in [3.63, 3.8) is 0 Å². The molecule has 220 valence electrons. The van der Waals surface area contributed by atoms with Crippen LogP contribution in [0.25, 0.3) is 0 Å². The highest BCUT2D eigenvalue weighted by Gasteiger charge is 2.38. The van der Waals surface area contributed by atoms with Gasteiger partial charge in [0.1, 0.15) is 17.2 Å². The van der Waals surface area contributed by atoms with Gasteiger partial charge in [0.15, 0.2) is 0 Å². The number of halogens is 4. The maximum atomic E-state index is 13.2. The molecular formula is C28H23F4N3O6S. The van der Waals surface area contributed by atoms with Crippen molar-refractivity contribution in [1.82, 2.24) is 4.98 Å². The quantitative estimate of drug-likeness (QED) is 0.211. The van der Waals surface area contributed by atoms with Gasteiger partial charge in [0.05, 0.1) is 16.8 Å². The number of alkyl halides is 3. The van der Waals surface area contributed by atoms with Crippen molar-refractivity contribution in [2.45, 2.75) is 24.2 Å². The van der Waals surface area contributed by atoms with Gasteiger partial charge in [-0.25, -0.2) is 27.4 Å². The van der Waals surface area contributed by atoms with Crippen molar-refractivity contribution in [2.75, 3.05) is 9.62 Å². The SMILES string of the molecule is O=C(O)C(F)(F)F.O=C(O)c1cc(NS(=O)(=O)c2ccc(F)cc2)cnc1N(Cc1ccccc1)Cc1ccccc1. The largest absolute Gasteiger partial charge is 0.490 e. The van der Waals surface area contributed by atoms with Crippen LogP contribution < -0.4 is 9.62 Å². The fraction of sp³-hybridized carbons (Fsp3) is 0.107. The van der Waals surface area contributed by atoms with Gasteiger partial charge in [-0.1, -0.05) is 60.7 Å². The molecule has 0 radical (unpaired) electrons. The summed E-state index contributed by atoms with van der Waals surface area (Å²) in [6.45, 7) is 0.785. The molecule has 0 fully saturated rings. The van der Waals surface area contributed by atoms with E-state index in [9.17, 15) is 35.9 Å². The average Bonchev–Trinajstić information content (AvgIpc) is 2.93. The number of sulfonamides is 1. The van der Waals surface area contributed by atoms with Crippen LogP contribution in [0.2, 0.25) is 0 Å². The molecule has 0 spiro atoms. The summed E-state index contributed by atoms with van der Waals surface area (Å²) in [6.07, 6.45) is -3.81. The first-order valence-corrected chi connectivity index (χ1v) is 13.4. The van der Waals surface area contributed by atoms with Crippen LogP contribution in [-0.4, -0.2) is 41.7 Å². The van der Waals surface area contributed by atoms with Crippen molar-refractivity contribution < 1.29 is 45.8 Å². The molecule has 3 N–H and O–H groups in total. The Labute approximate surface area is 237 Å². The molecule has 4 aromatic rings. The third kappa shape index (κ3) is 9.02. The molecule has 0 aliphatic carbocycles. The number of aliphatic carboxylic acids is 1.